The van der Waals surface area contributed by atoms with E-state index in [0.29, 0.717) is 11.3 Å². The first-order valence-corrected chi connectivity index (χ1v) is 34.6. The number of hydrogen-bond donors (Lipinski definition) is 16. The van der Waals surface area contributed by atoms with Crippen LogP contribution in [0.15, 0.2) is 30.5 Å². The minimum Gasteiger partial charge on any atom is -0.481 e. The van der Waals surface area contributed by atoms with Gasteiger partial charge in [-0.15, -0.1) is 0 Å². The Morgan fingerprint density at radius 2 is 1.04 bits per heavy atom. The maximum atomic E-state index is 14.6. The Balaban J connectivity index is 1.48. The molecule has 2 saturated heterocycles. The molecule has 33 heteroatoms. The molecule has 98 heavy (non-hydrogen) atoms. The lowest BCUT2D eigenvalue weighted by molar-refractivity contribution is -0.144. The number of carboxylic acids is 2. The number of H-pyrrole nitrogens is 1. The number of amides is 12. The summed E-state index contributed by atoms with van der Waals surface area (Å²) in [5.41, 5.74) is 12.9. The molecule has 2 aliphatic heterocycles. The fourth-order valence-electron chi connectivity index (χ4n) is 11.7. The first kappa shape index (κ1) is 82.0. The van der Waals surface area contributed by atoms with Crippen molar-refractivity contribution in [1.29, 1.82) is 0 Å². The zero-order valence-corrected chi connectivity index (χ0v) is 58.3. The number of aromatic amines is 1. The van der Waals surface area contributed by atoms with Crippen LogP contribution in [0.1, 0.15) is 139 Å². The van der Waals surface area contributed by atoms with E-state index in [1.54, 1.807) is 60.1 Å². The van der Waals surface area contributed by atoms with Gasteiger partial charge in [-0.2, -0.15) is 11.8 Å². The van der Waals surface area contributed by atoms with Crippen molar-refractivity contribution in [2.75, 3.05) is 31.7 Å². The summed E-state index contributed by atoms with van der Waals surface area (Å²) in [6, 6.07) is -9.92. The van der Waals surface area contributed by atoms with Crippen LogP contribution in [0.25, 0.3) is 10.9 Å². The fraction of sp³-hybridized carbons (Fsp3) is 0.662. The number of hydrogen-bond acceptors (Lipinski definition) is 18. The van der Waals surface area contributed by atoms with Gasteiger partial charge >= 0.3 is 11.9 Å². The molecule has 2 aromatic rings. The van der Waals surface area contributed by atoms with E-state index in [0.717, 1.165) is 15.8 Å². The highest BCUT2D eigenvalue weighted by atomic mass is 32.2. The number of carbonyl (C=O) groups is 14. The van der Waals surface area contributed by atoms with Crippen LogP contribution in [-0.4, -0.2) is 228 Å². The molecule has 12 amide bonds. The van der Waals surface area contributed by atoms with Crippen LogP contribution < -0.4 is 59.3 Å². The van der Waals surface area contributed by atoms with Gasteiger partial charge in [-0.3, -0.25) is 62.3 Å². The Morgan fingerprint density at radius 1 is 0.571 bits per heavy atom. The maximum Gasteiger partial charge on any atom is 0.326 e. The Hall–Kier alpha value is -8.43. The summed E-state index contributed by atoms with van der Waals surface area (Å²) in [4.78, 5) is 197. The van der Waals surface area contributed by atoms with Gasteiger partial charge in [0.15, 0.2) is 0 Å². The van der Waals surface area contributed by atoms with Crippen molar-refractivity contribution < 1.29 is 87.5 Å². The first-order chi connectivity index (χ1) is 46.1. The monoisotopic (exact) mass is 1400 g/mol. The van der Waals surface area contributed by atoms with Crippen molar-refractivity contribution in [2.45, 2.75) is 218 Å². The molecule has 32 nitrogen and oxygen atoms in total. The summed E-state index contributed by atoms with van der Waals surface area (Å²) in [6.07, 6.45) is 0.934. The zero-order chi connectivity index (χ0) is 73.4. The van der Waals surface area contributed by atoms with Crippen molar-refractivity contribution >= 4 is 105 Å². The molecule has 546 valence electrons. The van der Waals surface area contributed by atoms with E-state index in [9.17, 15) is 87.5 Å². The number of likely N-dealkylation sites (tertiary alicyclic amines) is 2. The summed E-state index contributed by atoms with van der Waals surface area (Å²) in [7, 11) is 0. The van der Waals surface area contributed by atoms with Crippen molar-refractivity contribution in [1.82, 2.24) is 62.6 Å². The number of aliphatic hydroxyl groups is 2. The second-order valence-corrected chi connectivity index (χ2v) is 27.7. The number of para-hydroxylation sites is 1. The van der Waals surface area contributed by atoms with Crippen LogP contribution in [0, 0.1) is 23.7 Å². The minimum atomic E-state index is -1.98. The van der Waals surface area contributed by atoms with Gasteiger partial charge in [0, 0.05) is 43.0 Å². The van der Waals surface area contributed by atoms with Gasteiger partial charge in [-0.25, -0.2) is 4.79 Å². The maximum absolute atomic E-state index is 14.6. The lowest BCUT2D eigenvalue weighted by Gasteiger charge is -2.32. The highest BCUT2D eigenvalue weighted by molar-refractivity contribution is 7.98. The van der Waals surface area contributed by atoms with Gasteiger partial charge in [0.2, 0.25) is 70.9 Å². The van der Waals surface area contributed by atoms with Gasteiger partial charge in [0.1, 0.15) is 66.5 Å². The van der Waals surface area contributed by atoms with Crippen LogP contribution in [0.4, 0.5) is 0 Å². The van der Waals surface area contributed by atoms with Crippen molar-refractivity contribution in [3.63, 3.8) is 0 Å². The largest absolute Gasteiger partial charge is 0.481 e. The SMILES string of the molecule is CSCC[C@H](NC(=O)[C@@H](NC(=O)[C@@H](N)CC(C)C)[C@@H](C)O)C(=O)N1CCC[C@H]1C(=O)N[C@@H](CO)C(=O)N[C@@H](CC(=O)O)C(=O)N[C@@H](CC(C)C)C(=O)N[C@@H](CCC(N)=O)C(=O)N1CCC[C@H]1C(=O)N[C@H](C(=O)N[C@@H](CC(C)C)C(=O)N[C@@H](Cc1c[nH]c2ccccc12)C(=O)O)C(C)C. The fourth-order valence-corrected chi connectivity index (χ4v) is 12.2. The quantitative estimate of drug-likeness (QED) is 0.0347. The second-order valence-electron chi connectivity index (χ2n) is 26.7. The van der Waals surface area contributed by atoms with Crippen LogP contribution in [-0.2, 0) is 73.5 Å². The molecule has 0 bridgehead atoms. The molecule has 0 radical (unpaired) electrons. The number of benzene rings is 1. The number of nitrogens with zero attached hydrogens (tertiary/aromatic N) is 2. The van der Waals surface area contributed by atoms with Gasteiger partial charge in [-0.1, -0.05) is 73.6 Å². The molecular formula is C65H102N14O18S. The summed E-state index contributed by atoms with van der Waals surface area (Å²) >= 11 is 1.35. The van der Waals surface area contributed by atoms with Gasteiger partial charge in [0.25, 0.3) is 0 Å². The summed E-state index contributed by atoms with van der Waals surface area (Å²) < 4.78 is 0. The molecule has 0 aliphatic carbocycles. The van der Waals surface area contributed by atoms with Gasteiger partial charge < -0.3 is 94.5 Å². The predicted octanol–water partition coefficient (Wildman–Crippen LogP) is -1.87. The number of rotatable bonds is 40. The van der Waals surface area contributed by atoms with Gasteiger partial charge in [0.05, 0.1) is 25.2 Å². The van der Waals surface area contributed by atoms with Crippen molar-refractivity contribution in [3.05, 3.63) is 36.0 Å². The van der Waals surface area contributed by atoms with Crippen LogP contribution in [0.3, 0.4) is 0 Å². The lowest BCUT2D eigenvalue weighted by atomic mass is 9.98. The third-order valence-electron chi connectivity index (χ3n) is 16.8. The minimum absolute atomic E-state index is 0.0162. The smallest absolute Gasteiger partial charge is 0.326 e. The summed E-state index contributed by atoms with van der Waals surface area (Å²) in [6.45, 7) is 14.1. The normalized spacial score (nSPS) is 18.0. The van der Waals surface area contributed by atoms with Crippen LogP contribution >= 0.6 is 11.8 Å². The number of nitrogens with two attached hydrogens (primary N) is 2. The molecule has 2 aliphatic rings. The van der Waals surface area contributed by atoms with E-state index in [-0.39, 0.29) is 88.6 Å². The first-order valence-electron chi connectivity index (χ1n) is 33.2. The molecular weight excluding hydrogens is 1300 g/mol. The van der Waals surface area contributed by atoms with Gasteiger partial charge in [-0.05, 0) is 112 Å². The number of carboxylic acid groups (broad SMARTS) is 2. The van der Waals surface area contributed by atoms with E-state index in [1.165, 1.54) is 23.6 Å². The summed E-state index contributed by atoms with van der Waals surface area (Å²) in [5, 5.41) is 64.4. The van der Waals surface area contributed by atoms with E-state index < -0.39 is 193 Å². The molecule has 0 unspecified atom stereocenters. The number of primary amides is 1. The van der Waals surface area contributed by atoms with Crippen molar-refractivity contribution in [2.24, 2.45) is 35.1 Å². The number of aliphatic carboxylic acids is 2. The van der Waals surface area contributed by atoms with E-state index >= 15 is 0 Å². The Morgan fingerprint density at radius 3 is 1.54 bits per heavy atom. The van der Waals surface area contributed by atoms with Crippen LogP contribution in [0.2, 0.25) is 0 Å². The topological polar surface area (TPSA) is 502 Å². The van der Waals surface area contributed by atoms with E-state index in [2.05, 4.69) is 52.8 Å². The average Bonchev–Trinajstić information content (AvgIpc) is 1.63. The molecule has 3 heterocycles. The average molecular weight is 1400 g/mol. The molecule has 1 aromatic carbocycles. The third-order valence-corrected chi connectivity index (χ3v) is 17.4. The predicted molar refractivity (Wildman–Crippen MR) is 360 cm³/mol. The molecule has 4 rings (SSSR count). The molecule has 1 aromatic heterocycles. The Labute approximate surface area is 574 Å². The lowest BCUT2D eigenvalue weighted by Crippen LogP contribution is -2.61. The van der Waals surface area contributed by atoms with Crippen LogP contribution in [0.5, 0.6) is 0 Å². The number of nitrogens with one attached hydrogen (secondary N) is 10. The second kappa shape index (κ2) is 39.2. The number of thioether (sulfide) groups is 1. The molecule has 2 fully saturated rings. The number of aromatic nitrogens is 1. The highest BCUT2D eigenvalue weighted by Crippen LogP contribution is 2.24. The Bertz CT molecular complexity index is 3140. The third kappa shape index (κ3) is 24.8. The van der Waals surface area contributed by atoms with Crippen molar-refractivity contribution in [3.8, 4) is 0 Å². The number of aliphatic hydroxyl groups excluding tert-OH is 2. The zero-order valence-electron chi connectivity index (χ0n) is 57.5. The van der Waals surface area contributed by atoms with E-state index in [1.807, 2.05) is 32.0 Å². The number of fused-ring (bicyclic) bond motifs is 1. The highest BCUT2D eigenvalue weighted by Gasteiger charge is 2.43. The molecule has 0 saturated carbocycles. The molecule has 13 atom stereocenters. The Kier molecular flexibility index (Phi) is 32.8. The molecule has 18 N–H and O–H groups in total. The standard InChI is InChI=1S/C65H102N14O18S/c1-32(2)25-39(66)54(85)77-53(36(9)81)62(93)70-42(21-24-98-10)64(95)78-22-13-17-48(78)59(90)75-47(31-80)58(89)72-45(29-51(83)84)57(88)71-43(26-33(3)4)55(86)69-41(19-20-50(67)82)63(94)79-23-14-18-49(79)60(91)76-52(35(7)8)61(92)73-44(27-34(5)6)56(87)74-46(65(96)97)28-37-30-68-40-16-12-11-15-38(37)40/h11-12,15-16,30,32-36,39,41-49,52-53,68,80-81H,13-14,17-29,31,66H2,1-10H3,(H2,67,82)(H,69,86)(H,70,93)(H,71,88)(H,72,89)(H,73,92)(H,74,87)(H,75,90)(H,76,91)(H,77,85)(H,83,84)(H,96,97)/t36-,39+,41+,42+,43+,44+,45+,46+,47+,48+,49+,52+,53+/m1/s1. The summed E-state index contributed by atoms with van der Waals surface area (Å²) in [5.74, 6) is -14.5. The molecule has 0 spiro atoms. The number of carbonyl (C=O) groups excluding carboxylic acids is 12. The van der Waals surface area contributed by atoms with E-state index in [4.69, 9.17) is 11.5 Å².